The third-order valence-corrected chi connectivity index (χ3v) is 6.11. The molecule has 1 aliphatic rings. The first kappa shape index (κ1) is 22.2. The molecule has 1 fully saturated rings. The zero-order valence-electron chi connectivity index (χ0n) is 18.4. The number of benzene rings is 2. The molecule has 0 bridgehead atoms. The fourth-order valence-electron chi connectivity index (χ4n) is 3.86. The van der Waals surface area contributed by atoms with Crippen molar-refractivity contribution >= 4 is 46.4 Å². The van der Waals surface area contributed by atoms with Gasteiger partial charge in [0.1, 0.15) is 11.6 Å². The summed E-state index contributed by atoms with van der Waals surface area (Å²) in [4.78, 5) is 13.1. The lowest BCUT2D eigenvalue weighted by Crippen LogP contribution is -2.44. The van der Waals surface area contributed by atoms with Crippen molar-refractivity contribution in [3.05, 3.63) is 60.5 Å². The molecule has 3 heterocycles. The number of hydrogen-bond acceptors (Lipinski definition) is 8. The van der Waals surface area contributed by atoms with Crippen molar-refractivity contribution in [3.63, 3.8) is 0 Å². The zero-order chi connectivity index (χ0) is 23.7. The molecule has 2 aromatic carbocycles. The Labute approximate surface area is 199 Å². The van der Waals surface area contributed by atoms with Gasteiger partial charge in [-0.2, -0.15) is 9.97 Å². The first-order chi connectivity index (χ1) is 16.5. The van der Waals surface area contributed by atoms with Crippen molar-refractivity contribution in [1.82, 2.24) is 18.8 Å². The van der Waals surface area contributed by atoms with Crippen molar-refractivity contribution in [2.75, 3.05) is 49.2 Å². The van der Waals surface area contributed by atoms with Gasteiger partial charge < -0.3 is 25.6 Å². The van der Waals surface area contributed by atoms with Crippen molar-refractivity contribution in [1.29, 1.82) is 0 Å². The van der Waals surface area contributed by atoms with E-state index in [1.165, 1.54) is 16.2 Å². The number of hydrogen-bond donors (Lipinski definition) is 2. The molecule has 0 atom stereocenters. The number of nitrogen functional groups attached to an aromatic ring is 1. The standard InChI is InChI=1S/C23H23F2N7OS/c1-30-9-11-31(12-10-30)20-6-5-16(14-19(20)24)27-23-28-21-18(7-8-32(21)34-25)22(29-23)33-17-4-2-3-15(26)13-17/h2-8,13-14H,9-12,26H2,1H3,(H,27,28,29). The molecular formula is C23H23F2N7OS. The molecule has 0 saturated carbocycles. The van der Waals surface area contributed by atoms with E-state index in [0.717, 1.165) is 26.2 Å². The summed E-state index contributed by atoms with van der Waals surface area (Å²) in [6, 6.07) is 13.5. The summed E-state index contributed by atoms with van der Waals surface area (Å²) in [5, 5.41) is 3.54. The second-order valence-electron chi connectivity index (χ2n) is 8.06. The second-order valence-corrected chi connectivity index (χ2v) is 8.59. The second kappa shape index (κ2) is 9.35. The van der Waals surface area contributed by atoms with Crippen LogP contribution < -0.4 is 20.7 Å². The van der Waals surface area contributed by atoms with Gasteiger partial charge >= 0.3 is 0 Å². The van der Waals surface area contributed by atoms with E-state index >= 15 is 0 Å². The summed E-state index contributed by atoms with van der Waals surface area (Å²) >= 11 is 0.0119. The molecule has 0 aliphatic carbocycles. The van der Waals surface area contributed by atoms with Crippen molar-refractivity contribution in [2.45, 2.75) is 0 Å². The van der Waals surface area contributed by atoms with Crippen LogP contribution in [0.25, 0.3) is 11.0 Å². The number of anilines is 4. The topological polar surface area (TPSA) is 84.5 Å². The Hall–Kier alpha value is -3.57. The van der Waals surface area contributed by atoms with Gasteiger partial charge in [-0.1, -0.05) is 6.07 Å². The van der Waals surface area contributed by atoms with Crippen LogP contribution in [0.3, 0.4) is 0 Å². The van der Waals surface area contributed by atoms with Gasteiger partial charge in [0.25, 0.3) is 0 Å². The molecule has 0 radical (unpaired) electrons. The lowest BCUT2D eigenvalue weighted by molar-refractivity contribution is 0.311. The first-order valence-corrected chi connectivity index (χ1v) is 11.4. The van der Waals surface area contributed by atoms with Gasteiger partial charge in [0, 0.05) is 49.8 Å². The van der Waals surface area contributed by atoms with Gasteiger partial charge in [-0.3, -0.25) is 0 Å². The highest BCUT2D eigenvalue weighted by atomic mass is 32.2. The number of piperazine rings is 1. The molecule has 2 aromatic heterocycles. The number of ether oxygens (including phenoxy) is 1. The molecule has 176 valence electrons. The lowest BCUT2D eigenvalue weighted by atomic mass is 10.2. The van der Waals surface area contributed by atoms with Crippen LogP contribution in [-0.4, -0.2) is 52.1 Å². The Bertz CT molecular complexity index is 1320. The maximum atomic E-state index is 14.9. The minimum absolute atomic E-state index is 0.0119. The summed E-state index contributed by atoms with van der Waals surface area (Å²) in [6.07, 6.45) is 1.53. The highest BCUT2D eigenvalue weighted by Gasteiger charge is 2.19. The van der Waals surface area contributed by atoms with Gasteiger partial charge in [0.15, 0.2) is 18.0 Å². The number of nitrogens with one attached hydrogen (secondary N) is 1. The smallest absolute Gasteiger partial charge is 0.233 e. The van der Waals surface area contributed by atoms with E-state index in [9.17, 15) is 8.28 Å². The quantitative estimate of drug-likeness (QED) is 0.378. The molecule has 3 N–H and O–H groups in total. The molecule has 1 aliphatic heterocycles. The third-order valence-electron chi connectivity index (χ3n) is 5.67. The maximum absolute atomic E-state index is 14.9. The molecule has 11 heteroatoms. The molecule has 1 saturated heterocycles. The number of nitrogens with zero attached hydrogens (tertiary/aromatic N) is 5. The summed E-state index contributed by atoms with van der Waals surface area (Å²) in [5.74, 6) is 0.510. The van der Waals surface area contributed by atoms with Crippen molar-refractivity contribution in [3.8, 4) is 11.6 Å². The highest BCUT2D eigenvalue weighted by Crippen LogP contribution is 2.33. The van der Waals surface area contributed by atoms with E-state index in [1.807, 2.05) is 4.90 Å². The minimum Gasteiger partial charge on any atom is -0.438 e. The van der Waals surface area contributed by atoms with E-state index < -0.39 is 0 Å². The largest absolute Gasteiger partial charge is 0.438 e. The zero-order valence-corrected chi connectivity index (χ0v) is 19.2. The van der Waals surface area contributed by atoms with Gasteiger partial charge in [0.2, 0.25) is 11.8 Å². The molecule has 5 rings (SSSR count). The van der Waals surface area contributed by atoms with E-state index in [2.05, 4.69) is 27.2 Å². The predicted molar refractivity (Wildman–Crippen MR) is 132 cm³/mol. The van der Waals surface area contributed by atoms with E-state index in [0.29, 0.717) is 33.8 Å². The first-order valence-electron chi connectivity index (χ1n) is 10.7. The fraction of sp³-hybridized carbons (Fsp3) is 0.217. The van der Waals surface area contributed by atoms with Crippen LogP contribution in [0.2, 0.25) is 0 Å². The molecule has 4 aromatic rings. The number of aromatic nitrogens is 3. The van der Waals surface area contributed by atoms with Crippen molar-refractivity contribution < 1.29 is 13.0 Å². The lowest BCUT2D eigenvalue weighted by Gasteiger charge is -2.34. The number of nitrogens with two attached hydrogens (primary N) is 1. The Morgan fingerprint density at radius 2 is 1.88 bits per heavy atom. The fourth-order valence-corrected chi connectivity index (χ4v) is 4.17. The Morgan fingerprint density at radius 1 is 1.06 bits per heavy atom. The normalized spacial score (nSPS) is 14.5. The molecular weight excluding hydrogens is 460 g/mol. The molecule has 0 amide bonds. The molecule has 0 unspecified atom stereocenters. The molecule has 0 spiro atoms. The van der Waals surface area contributed by atoms with E-state index in [-0.39, 0.29) is 30.0 Å². The molecule has 8 nitrogen and oxygen atoms in total. The predicted octanol–water partition coefficient (Wildman–Crippen LogP) is 4.82. The minimum atomic E-state index is -0.338. The summed E-state index contributed by atoms with van der Waals surface area (Å²) in [7, 11) is 2.06. The van der Waals surface area contributed by atoms with E-state index in [4.69, 9.17) is 10.5 Å². The van der Waals surface area contributed by atoms with E-state index in [1.54, 1.807) is 42.5 Å². The van der Waals surface area contributed by atoms with Crippen LogP contribution in [0.15, 0.2) is 54.7 Å². The SMILES string of the molecule is CN1CCN(c2ccc(Nc3nc(Oc4cccc(N)c4)c4ccn(SF)c4n3)cc2F)CC1. The summed E-state index contributed by atoms with van der Waals surface area (Å²) in [6.45, 7) is 3.30. The van der Waals surface area contributed by atoms with Crippen LogP contribution in [0.5, 0.6) is 11.6 Å². The Kier molecular flexibility index (Phi) is 6.12. The van der Waals surface area contributed by atoms with Gasteiger partial charge in [0.05, 0.1) is 11.1 Å². The van der Waals surface area contributed by atoms with Crippen LogP contribution >= 0.6 is 12.3 Å². The summed E-state index contributed by atoms with van der Waals surface area (Å²) < 4.78 is 35.6. The average molecular weight is 484 g/mol. The van der Waals surface area contributed by atoms with Gasteiger partial charge in [-0.25, -0.2) is 8.36 Å². The highest BCUT2D eigenvalue weighted by molar-refractivity contribution is 7.92. The Morgan fingerprint density at radius 3 is 2.62 bits per heavy atom. The number of fused-ring (bicyclic) bond motifs is 1. The maximum Gasteiger partial charge on any atom is 0.233 e. The van der Waals surface area contributed by atoms with Gasteiger partial charge in [-0.15, -0.1) is 3.89 Å². The number of likely N-dealkylation sites (N-methyl/N-ethyl adjacent to an activating group) is 1. The monoisotopic (exact) mass is 483 g/mol. The van der Waals surface area contributed by atoms with Crippen LogP contribution in [0.1, 0.15) is 0 Å². The van der Waals surface area contributed by atoms with Crippen LogP contribution in [0, 0.1) is 5.82 Å². The number of halogens is 2. The van der Waals surface area contributed by atoms with Gasteiger partial charge in [-0.05, 0) is 43.4 Å². The third kappa shape index (κ3) is 4.57. The van der Waals surface area contributed by atoms with Crippen LogP contribution in [-0.2, 0) is 0 Å². The average Bonchev–Trinajstić information content (AvgIpc) is 3.23. The van der Waals surface area contributed by atoms with Crippen LogP contribution in [0.4, 0.5) is 31.3 Å². The Balaban J connectivity index is 1.44. The molecule has 34 heavy (non-hydrogen) atoms. The summed E-state index contributed by atoms with van der Waals surface area (Å²) in [5.41, 5.74) is 7.73. The number of rotatable bonds is 6. The van der Waals surface area contributed by atoms with Crippen molar-refractivity contribution in [2.24, 2.45) is 0 Å².